The van der Waals surface area contributed by atoms with Gasteiger partial charge in [0.2, 0.25) is 0 Å². The molecule has 2 atom stereocenters. The van der Waals surface area contributed by atoms with Crippen LogP contribution in [0.4, 0.5) is 0 Å². The largest absolute Gasteiger partial charge is 0.0773 e. The normalized spacial score (nSPS) is 20.8. The number of allylic oxidation sites excluding steroid dienone is 5. The van der Waals surface area contributed by atoms with Gasteiger partial charge in [0.25, 0.3) is 0 Å². The summed E-state index contributed by atoms with van der Waals surface area (Å²) in [5.41, 5.74) is 6.13. The van der Waals surface area contributed by atoms with Crippen molar-refractivity contribution in [3.63, 3.8) is 0 Å². The zero-order valence-electron chi connectivity index (χ0n) is 14.2. The Balaban J connectivity index is 1.89. The summed E-state index contributed by atoms with van der Waals surface area (Å²) < 4.78 is 0. The third-order valence-electron chi connectivity index (χ3n) is 5.40. The Labute approximate surface area is 135 Å². The molecule has 0 heteroatoms. The van der Waals surface area contributed by atoms with Crippen molar-refractivity contribution in [3.8, 4) is 0 Å². The van der Waals surface area contributed by atoms with Gasteiger partial charge < -0.3 is 0 Å². The van der Waals surface area contributed by atoms with Crippen molar-refractivity contribution in [3.05, 3.63) is 64.8 Å². The molecular weight excluding hydrogens is 264 g/mol. The Hall–Kier alpha value is -1.56. The number of rotatable bonds is 6. The van der Waals surface area contributed by atoms with Gasteiger partial charge in [-0.05, 0) is 53.9 Å². The molecule has 0 nitrogen and oxygen atoms in total. The van der Waals surface area contributed by atoms with Gasteiger partial charge in [0.05, 0.1) is 0 Å². The van der Waals surface area contributed by atoms with Crippen LogP contribution in [0.25, 0.3) is 6.08 Å². The highest BCUT2D eigenvalue weighted by molar-refractivity contribution is 5.67. The minimum absolute atomic E-state index is 0.573. The molecule has 1 aromatic carbocycles. The average Bonchev–Trinajstić information content (AvgIpc) is 3.19. The maximum Gasteiger partial charge on any atom is 0.00643 e. The average molecular weight is 292 g/mol. The first-order valence-electron chi connectivity index (χ1n) is 8.88. The SMILES string of the molecule is CCCCCc1ccc(C)c2c1C(C(C)C1C=CC=C1)C=C2. The molecule has 1 aromatic rings. The molecule has 116 valence electrons. The summed E-state index contributed by atoms with van der Waals surface area (Å²) in [6.45, 7) is 6.94. The van der Waals surface area contributed by atoms with Gasteiger partial charge in [-0.15, -0.1) is 0 Å². The zero-order valence-corrected chi connectivity index (χ0v) is 14.2. The number of benzene rings is 1. The van der Waals surface area contributed by atoms with E-state index in [1.807, 2.05) is 0 Å². The van der Waals surface area contributed by atoms with Gasteiger partial charge in [0, 0.05) is 5.92 Å². The summed E-state index contributed by atoms with van der Waals surface area (Å²) in [4.78, 5) is 0. The Bertz CT molecular complexity index is 603. The van der Waals surface area contributed by atoms with Crippen LogP contribution in [0.2, 0.25) is 0 Å². The lowest BCUT2D eigenvalue weighted by molar-refractivity contribution is 0.456. The van der Waals surface area contributed by atoms with Crippen molar-refractivity contribution in [2.45, 2.75) is 52.4 Å². The van der Waals surface area contributed by atoms with Crippen LogP contribution in [-0.2, 0) is 6.42 Å². The fourth-order valence-electron chi connectivity index (χ4n) is 3.96. The number of unbranched alkanes of at least 4 members (excludes halogenated alkanes) is 2. The molecule has 2 aliphatic carbocycles. The molecule has 0 N–H and O–H groups in total. The maximum atomic E-state index is 2.45. The smallest absolute Gasteiger partial charge is 0.00643 e. The fraction of sp³-hybridized carbons (Fsp3) is 0.455. The summed E-state index contributed by atoms with van der Waals surface area (Å²) in [5, 5.41) is 0. The highest BCUT2D eigenvalue weighted by Gasteiger charge is 2.29. The molecule has 0 heterocycles. The molecule has 0 saturated carbocycles. The molecule has 2 aliphatic rings. The van der Waals surface area contributed by atoms with Crippen molar-refractivity contribution >= 4 is 6.08 Å². The Kier molecular flexibility index (Phi) is 4.66. The molecule has 0 aromatic heterocycles. The van der Waals surface area contributed by atoms with E-state index in [1.165, 1.54) is 36.8 Å². The van der Waals surface area contributed by atoms with E-state index in [4.69, 9.17) is 0 Å². The Morgan fingerprint density at radius 1 is 1.05 bits per heavy atom. The molecule has 0 amide bonds. The monoisotopic (exact) mass is 292 g/mol. The van der Waals surface area contributed by atoms with Crippen molar-refractivity contribution in [2.24, 2.45) is 11.8 Å². The molecule has 0 saturated heterocycles. The molecule has 2 unspecified atom stereocenters. The highest BCUT2D eigenvalue weighted by Crippen LogP contribution is 2.43. The number of hydrogen-bond acceptors (Lipinski definition) is 0. The molecular formula is C22H28. The van der Waals surface area contributed by atoms with Crippen LogP contribution in [0.3, 0.4) is 0 Å². The van der Waals surface area contributed by atoms with Crippen LogP contribution in [0.1, 0.15) is 61.3 Å². The van der Waals surface area contributed by atoms with Gasteiger partial charge in [-0.1, -0.05) is 75.3 Å². The summed E-state index contributed by atoms with van der Waals surface area (Å²) in [6.07, 6.45) is 19.1. The van der Waals surface area contributed by atoms with Crippen molar-refractivity contribution in [2.75, 3.05) is 0 Å². The van der Waals surface area contributed by atoms with Gasteiger partial charge in [0.1, 0.15) is 0 Å². The van der Waals surface area contributed by atoms with E-state index < -0.39 is 0 Å². The van der Waals surface area contributed by atoms with E-state index in [2.05, 4.69) is 69.4 Å². The van der Waals surface area contributed by atoms with Crippen molar-refractivity contribution in [1.29, 1.82) is 0 Å². The number of aryl methyl sites for hydroxylation is 2. The molecule has 3 rings (SSSR count). The van der Waals surface area contributed by atoms with Gasteiger partial charge in [-0.2, -0.15) is 0 Å². The molecule has 0 fully saturated rings. The van der Waals surface area contributed by atoms with E-state index in [9.17, 15) is 0 Å². The predicted molar refractivity (Wildman–Crippen MR) is 97.1 cm³/mol. The van der Waals surface area contributed by atoms with Gasteiger partial charge in [-0.25, -0.2) is 0 Å². The maximum absolute atomic E-state index is 2.45. The minimum atomic E-state index is 0.573. The van der Waals surface area contributed by atoms with Crippen LogP contribution < -0.4 is 0 Å². The zero-order chi connectivity index (χ0) is 15.5. The Morgan fingerprint density at radius 2 is 1.82 bits per heavy atom. The van der Waals surface area contributed by atoms with Gasteiger partial charge in [0.15, 0.2) is 0 Å². The van der Waals surface area contributed by atoms with E-state index >= 15 is 0 Å². The van der Waals surface area contributed by atoms with Crippen LogP contribution >= 0.6 is 0 Å². The van der Waals surface area contributed by atoms with Crippen molar-refractivity contribution in [1.82, 2.24) is 0 Å². The van der Waals surface area contributed by atoms with Gasteiger partial charge >= 0.3 is 0 Å². The topological polar surface area (TPSA) is 0 Å². The lowest BCUT2D eigenvalue weighted by Crippen LogP contribution is -2.15. The first kappa shape index (κ1) is 15.3. The van der Waals surface area contributed by atoms with E-state index in [1.54, 1.807) is 11.1 Å². The standard InChI is InChI=1S/C22H28/c1-4-5-6-11-19-13-12-16(2)20-14-15-21(22(19)20)17(3)18-9-7-8-10-18/h7-10,12-15,17-18,21H,4-6,11H2,1-3H3. The predicted octanol–water partition coefficient (Wildman–Crippen LogP) is 6.22. The molecule has 0 bridgehead atoms. The summed E-state index contributed by atoms with van der Waals surface area (Å²) in [6, 6.07) is 4.70. The molecule has 22 heavy (non-hydrogen) atoms. The van der Waals surface area contributed by atoms with Gasteiger partial charge in [-0.3, -0.25) is 0 Å². The molecule has 0 aliphatic heterocycles. The second-order valence-corrected chi connectivity index (χ2v) is 6.92. The summed E-state index contributed by atoms with van der Waals surface area (Å²) in [5.74, 6) is 1.80. The first-order chi connectivity index (χ1) is 10.7. The van der Waals surface area contributed by atoms with E-state index in [-0.39, 0.29) is 0 Å². The highest BCUT2D eigenvalue weighted by atomic mass is 14.3. The third-order valence-corrected chi connectivity index (χ3v) is 5.40. The van der Waals surface area contributed by atoms with Crippen LogP contribution in [0, 0.1) is 18.8 Å². The van der Waals surface area contributed by atoms with Crippen LogP contribution in [0.5, 0.6) is 0 Å². The lowest BCUT2D eigenvalue weighted by atomic mass is 9.78. The molecule has 0 spiro atoms. The summed E-state index contributed by atoms with van der Waals surface area (Å²) >= 11 is 0. The van der Waals surface area contributed by atoms with Crippen LogP contribution in [-0.4, -0.2) is 0 Å². The molecule has 0 radical (unpaired) electrons. The summed E-state index contributed by atoms with van der Waals surface area (Å²) in [7, 11) is 0. The van der Waals surface area contributed by atoms with Crippen molar-refractivity contribution < 1.29 is 0 Å². The first-order valence-corrected chi connectivity index (χ1v) is 8.88. The number of fused-ring (bicyclic) bond motifs is 1. The minimum Gasteiger partial charge on any atom is -0.0773 e. The quantitative estimate of drug-likeness (QED) is 0.546. The number of hydrogen-bond donors (Lipinski definition) is 0. The second kappa shape index (κ2) is 6.69. The second-order valence-electron chi connectivity index (χ2n) is 6.92. The fourth-order valence-corrected chi connectivity index (χ4v) is 3.96. The lowest BCUT2D eigenvalue weighted by Gasteiger charge is -2.26. The van der Waals surface area contributed by atoms with Crippen LogP contribution in [0.15, 0.2) is 42.5 Å². The van der Waals surface area contributed by atoms with E-state index in [0.717, 1.165) is 0 Å². The third kappa shape index (κ3) is 2.84. The Morgan fingerprint density at radius 3 is 2.55 bits per heavy atom. The van der Waals surface area contributed by atoms with E-state index in [0.29, 0.717) is 17.8 Å².